The molecule has 0 fully saturated rings. The Morgan fingerprint density at radius 3 is 2.75 bits per heavy atom. The van der Waals surface area contributed by atoms with Crippen LogP contribution in [-0.2, 0) is 0 Å². The van der Waals surface area contributed by atoms with Crippen molar-refractivity contribution in [2.75, 3.05) is 0 Å². The van der Waals surface area contributed by atoms with Crippen molar-refractivity contribution in [1.82, 2.24) is 4.98 Å². The monoisotopic (exact) mass is 305 g/mol. The Hall–Kier alpha value is -2.23. The summed E-state index contributed by atoms with van der Waals surface area (Å²) < 4.78 is 5.30. The van der Waals surface area contributed by atoms with Crippen LogP contribution in [0.15, 0.2) is 40.5 Å². The number of aromatic nitrogens is 1. The number of ether oxygens (including phenoxy) is 1. The van der Waals surface area contributed by atoms with Crippen LogP contribution in [0, 0.1) is 11.3 Å². The normalized spacial score (nSPS) is 17.3. The van der Waals surface area contributed by atoms with E-state index in [1.807, 2.05) is 0 Å². The second-order valence-electron chi connectivity index (χ2n) is 4.18. The Labute approximate surface area is 122 Å². The number of thiazole rings is 1. The van der Waals surface area contributed by atoms with Gasteiger partial charge in [0, 0.05) is 5.02 Å². The number of nitrogens with one attached hydrogen (secondary N) is 1. The van der Waals surface area contributed by atoms with E-state index in [2.05, 4.69) is 11.1 Å². The summed E-state index contributed by atoms with van der Waals surface area (Å²) in [5.74, 6) is -0.101. The average molecular weight is 306 g/mol. The molecule has 0 saturated heterocycles. The van der Waals surface area contributed by atoms with Crippen LogP contribution in [0.25, 0.3) is 0 Å². The van der Waals surface area contributed by atoms with E-state index in [0.29, 0.717) is 15.8 Å². The van der Waals surface area contributed by atoms with Gasteiger partial charge in [-0.05, 0) is 17.7 Å². The van der Waals surface area contributed by atoms with Crippen molar-refractivity contribution >= 4 is 22.9 Å². The Bertz CT molecular complexity index is 798. The third-order valence-corrected chi connectivity index (χ3v) is 4.17. The minimum Gasteiger partial charge on any atom is -0.423 e. The highest BCUT2D eigenvalue weighted by molar-refractivity contribution is 7.09. The van der Waals surface area contributed by atoms with Crippen molar-refractivity contribution in [1.29, 1.82) is 5.26 Å². The highest BCUT2D eigenvalue weighted by Crippen LogP contribution is 2.42. The molecule has 5 nitrogen and oxygen atoms in total. The zero-order chi connectivity index (χ0) is 14.3. The Morgan fingerprint density at radius 2 is 2.10 bits per heavy atom. The van der Waals surface area contributed by atoms with Gasteiger partial charge < -0.3 is 10.5 Å². The van der Waals surface area contributed by atoms with Gasteiger partial charge in [-0.15, -0.1) is 0 Å². The molecule has 1 aliphatic rings. The van der Waals surface area contributed by atoms with E-state index in [1.54, 1.807) is 24.3 Å². The maximum absolute atomic E-state index is 11.5. The van der Waals surface area contributed by atoms with Crippen LogP contribution in [-0.4, -0.2) is 4.98 Å². The predicted octanol–water partition coefficient (Wildman–Crippen LogP) is 2.31. The van der Waals surface area contributed by atoms with E-state index < -0.39 is 5.92 Å². The molecule has 0 aliphatic carbocycles. The average Bonchev–Trinajstić information content (AvgIpc) is 2.78. The van der Waals surface area contributed by atoms with Crippen molar-refractivity contribution < 1.29 is 4.74 Å². The molecule has 1 aromatic heterocycles. The molecule has 0 radical (unpaired) electrons. The number of nitrogens with zero attached hydrogens (tertiary/aromatic N) is 1. The molecular formula is C13H8ClN3O2S. The van der Waals surface area contributed by atoms with E-state index in [9.17, 15) is 10.1 Å². The predicted molar refractivity (Wildman–Crippen MR) is 75.7 cm³/mol. The lowest BCUT2D eigenvalue weighted by molar-refractivity contribution is 0.382. The van der Waals surface area contributed by atoms with Gasteiger partial charge >= 0.3 is 4.87 Å². The van der Waals surface area contributed by atoms with E-state index in [0.717, 1.165) is 16.9 Å². The number of rotatable bonds is 1. The molecule has 1 aromatic carbocycles. The number of hydrogen-bond acceptors (Lipinski definition) is 5. The lowest BCUT2D eigenvalue weighted by atomic mass is 9.89. The van der Waals surface area contributed by atoms with E-state index in [4.69, 9.17) is 22.1 Å². The van der Waals surface area contributed by atoms with Crippen LogP contribution in [0.5, 0.6) is 5.88 Å². The molecule has 1 aliphatic heterocycles. The highest BCUT2D eigenvalue weighted by Gasteiger charge is 2.33. The summed E-state index contributed by atoms with van der Waals surface area (Å²) in [7, 11) is 0. The van der Waals surface area contributed by atoms with Crippen LogP contribution >= 0.6 is 22.9 Å². The second kappa shape index (κ2) is 4.71. The number of halogens is 1. The van der Waals surface area contributed by atoms with Gasteiger partial charge in [-0.25, -0.2) is 0 Å². The molecule has 3 rings (SSSR count). The molecule has 1 unspecified atom stereocenters. The molecule has 2 aromatic rings. The molecule has 0 bridgehead atoms. The van der Waals surface area contributed by atoms with Crippen LogP contribution in [0.2, 0.25) is 5.02 Å². The molecule has 0 saturated carbocycles. The van der Waals surface area contributed by atoms with Crippen LogP contribution in [0.3, 0.4) is 0 Å². The van der Waals surface area contributed by atoms with Gasteiger partial charge in [-0.2, -0.15) is 5.26 Å². The molecule has 2 heterocycles. The number of fused-ring (bicyclic) bond motifs is 1. The number of allylic oxidation sites excluding steroid dienone is 1. The quantitative estimate of drug-likeness (QED) is 0.845. The van der Waals surface area contributed by atoms with Crippen LogP contribution < -0.4 is 15.3 Å². The molecular weight excluding hydrogens is 298 g/mol. The molecule has 0 amide bonds. The number of nitriles is 1. The molecule has 3 N–H and O–H groups in total. The molecule has 20 heavy (non-hydrogen) atoms. The first kappa shape index (κ1) is 12.8. The van der Waals surface area contributed by atoms with Gasteiger partial charge in [0.05, 0.1) is 10.8 Å². The Kier molecular flexibility index (Phi) is 3.01. The first-order chi connectivity index (χ1) is 9.60. The summed E-state index contributed by atoms with van der Waals surface area (Å²) in [5.41, 5.74) is 6.88. The van der Waals surface area contributed by atoms with E-state index in [-0.39, 0.29) is 16.3 Å². The summed E-state index contributed by atoms with van der Waals surface area (Å²) in [5, 5.41) is 9.90. The maximum Gasteiger partial charge on any atom is 0.307 e. The Balaban J connectivity index is 2.22. The minimum atomic E-state index is -0.412. The molecule has 100 valence electrons. The molecule has 1 atom stereocenters. The summed E-state index contributed by atoms with van der Waals surface area (Å²) >= 11 is 6.88. The summed E-state index contributed by atoms with van der Waals surface area (Å²) in [6.07, 6.45) is 0. The summed E-state index contributed by atoms with van der Waals surface area (Å²) in [4.78, 5) is 14.5. The number of aromatic amines is 1. The largest absolute Gasteiger partial charge is 0.423 e. The van der Waals surface area contributed by atoms with Crippen molar-refractivity contribution in [3.63, 3.8) is 0 Å². The van der Waals surface area contributed by atoms with Crippen molar-refractivity contribution in [2.45, 2.75) is 5.92 Å². The topological polar surface area (TPSA) is 91.9 Å². The van der Waals surface area contributed by atoms with Gasteiger partial charge in [0.25, 0.3) is 0 Å². The van der Waals surface area contributed by atoms with Gasteiger partial charge in [0.1, 0.15) is 11.6 Å². The highest BCUT2D eigenvalue weighted by atomic mass is 35.5. The molecule has 0 spiro atoms. The van der Waals surface area contributed by atoms with Crippen molar-refractivity contribution in [3.8, 4) is 11.9 Å². The smallest absolute Gasteiger partial charge is 0.307 e. The van der Waals surface area contributed by atoms with Crippen LogP contribution in [0.4, 0.5) is 0 Å². The van der Waals surface area contributed by atoms with Gasteiger partial charge in [-0.1, -0.05) is 35.1 Å². The Morgan fingerprint density at radius 1 is 1.40 bits per heavy atom. The lowest BCUT2D eigenvalue weighted by Crippen LogP contribution is -2.20. The fraction of sp³-hybridized carbons (Fsp3) is 0.0769. The number of hydrogen-bond donors (Lipinski definition) is 2. The summed E-state index contributed by atoms with van der Waals surface area (Å²) in [6.45, 7) is 0. The van der Waals surface area contributed by atoms with Gasteiger partial charge in [-0.3, -0.25) is 9.78 Å². The second-order valence-corrected chi connectivity index (χ2v) is 5.64. The van der Waals surface area contributed by atoms with Gasteiger partial charge in [0.15, 0.2) is 0 Å². The molecule has 7 heteroatoms. The van der Waals surface area contributed by atoms with E-state index >= 15 is 0 Å². The lowest BCUT2D eigenvalue weighted by Gasteiger charge is -2.22. The third kappa shape index (κ3) is 1.97. The van der Waals surface area contributed by atoms with Crippen molar-refractivity contribution in [3.05, 3.63) is 60.9 Å². The first-order valence-electron chi connectivity index (χ1n) is 5.66. The van der Waals surface area contributed by atoms with Crippen molar-refractivity contribution in [2.24, 2.45) is 5.73 Å². The SMILES string of the molecule is N#CC1=C(N)Oc2[nH]c(=O)sc2C1c1ccc(Cl)cc1. The maximum atomic E-state index is 11.5. The standard InChI is InChI=1S/C13H8ClN3O2S/c14-7-3-1-6(2-4-7)9-8(5-15)11(16)19-12-10(9)20-13(18)17-12/h1-4,9H,16H2,(H,17,18). The zero-order valence-electron chi connectivity index (χ0n) is 10.0. The van der Waals surface area contributed by atoms with Gasteiger partial charge in [0.2, 0.25) is 11.8 Å². The fourth-order valence-electron chi connectivity index (χ4n) is 2.12. The fourth-order valence-corrected chi connectivity index (χ4v) is 3.15. The summed E-state index contributed by atoms with van der Waals surface area (Å²) in [6, 6.07) is 9.12. The van der Waals surface area contributed by atoms with Crippen LogP contribution in [0.1, 0.15) is 16.4 Å². The first-order valence-corrected chi connectivity index (χ1v) is 6.85. The number of benzene rings is 1. The minimum absolute atomic E-state index is 0.00833. The zero-order valence-corrected chi connectivity index (χ0v) is 11.6. The van der Waals surface area contributed by atoms with E-state index in [1.165, 1.54) is 0 Å². The number of H-pyrrole nitrogens is 1. The third-order valence-electron chi connectivity index (χ3n) is 2.99. The number of nitrogens with two attached hydrogens (primary N) is 1.